The van der Waals surface area contributed by atoms with Crippen LogP contribution in [0, 0.1) is 0 Å². The van der Waals surface area contributed by atoms with E-state index in [-0.39, 0.29) is 11.5 Å². The number of rotatable bonds is 5. The maximum Gasteiger partial charge on any atom is 0.145 e. The van der Waals surface area contributed by atoms with Crippen LogP contribution in [0.25, 0.3) is 0 Å². The molecule has 0 saturated heterocycles. The molecule has 1 atom stereocenters. The number of ketones is 1. The van der Waals surface area contributed by atoms with Gasteiger partial charge >= 0.3 is 0 Å². The third-order valence-electron chi connectivity index (χ3n) is 1.88. The summed E-state index contributed by atoms with van der Waals surface area (Å²) in [5.74, 6) is 0.195. The average molecular weight is 289 g/mol. The first kappa shape index (κ1) is 12.6. The summed E-state index contributed by atoms with van der Waals surface area (Å²) in [5, 5.41) is 0. The number of hydrogen-bond acceptors (Lipinski definition) is 2. The van der Waals surface area contributed by atoms with E-state index in [1.165, 1.54) is 0 Å². The van der Waals surface area contributed by atoms with Gasteiger partial charge in [0.25, 0.3) is 0 Å². The van der Waals surface area contributed by atoms with Gasteiger partial charge in [0.05, 0.1) is 16.6 Å². The van der Waals surface area contributed by atoms with Gasteiger partial charge in [-0.05, 0) is 24.6 Å². The molecular weight excluding hydrogens is 276 g/mol. The SMILES string of the molecule is CCCC(=O)CS(=O)c1cccc(Br)c1. The minimum atomic E-state index is -1.20. The van der Waals surface area contributed by atoms with Gasteiger partial charge in [0, 0.05) is 15.8 Å². The molecule has 1 rings (SSSR count). The van der Waals surface area contributed by atoms with Crippen molar-refractivity contribution in [2.24, 2.45) is 0 Å². The first-order valence-electron chi connectivity index (χ1n) is 4.79. The summed E-state index contributed by atoms with van der Waals surface area (Å²) in [6.45, 7) is 1.94. The van der Waals surface area contributed by atoms with E-state index < -0.39 is 10.8 Å². The molecule has 1 unspecified atom stereocenters. The zero-order valence-electron chi connectivity index (χ0n) is 8.53. The lowest BCUT2D eigenvalue weighted by atomic mass is 10.3. The highest BCUT2D eigenvalue weighted by atomic mass is 79.9. The summed E-state index contributed by atoms with van der Waals surface area (Å²) in [7, 11) is -1.20. The predicted molar refractivity (Wildman–Crippen MR) is 65.3 cm³/mol. The third-order valence-corrected chi connectivity index (χ3v) is 3.74. The van der Waals surface area contributed by atoms with Crippen LogP contribution >= 0.6 is 15.9 Å². The van der Waals surface area contributed by atoms with Crippen LogP contribution in [-0.4, -0.2) is 15.7 Å². The molecular formula is C11H13BrO2S. The van der Waals surface area contributed by atoms with Gasteiger partial charge in [0.2, 0.25) is 0 Å². The van der Waals surface area contributed by atoms with Gasteiger partial charge in [-0.2, -0.15) is 0 Å². The van der Waals surface area contributed by atoms with Crippen molar-refractivity contribution in [1.29, 1.82) is 0 Å². The van der Waals surface area contributed by atoms with Crippen LogP contribution in [0.2, 0.25) is 0 Å². The number of hydrogen-bond donors (Lipinski definition) is 0. The molecule has 0 aromatic heterocycles. The molecule has 0 amide bonds. The molecule has 2 nitrogen and oxygen atoms in total. The first-order valence-corrected chi connectivity index (χ1v) is 6.90. The fourth-order valence-electron chi connectivity index (χ4n) is 1.19. The largest absolute Gasteiger partial charge is 0.299 e. The fraction of sp³-hybridized carbons (Fsp3) is 0.364. The summed E-state index contributed by atoms with van der Waals surface area (Å²) in [4.78, 5) is 12.0. The predicted octanol–water partition coefficient (Wildman–Crippen LogP) is 2.93. The second-order valence-corrected chi connectivity index (χ2v) is 5.60. The van der Waals surface area contributed by atoms with Crippen molar-refractivity contribution in [2.45, 2.75) is 24.7 Å². The lowest BCUT2D eigenvalue weighted by molar-refractivity contribution is -0.116. The van der Waals surface area contributed by atoms with E-state index in [9.17, 15) is 9.00 Å². The van der Waals surface area contributed by atoms with Crippen molar-refractivity contribution in [1.82, 2.24) is 0 Å². The standard InChI is InChI=1S/C11H13BrO2S/c1-2-4-10(13)8-15(14)11-6-3-5-9(12)7-11/h3,5-7H,2,4,8H2,1H3. The van der Waals surface area contributed by atoms with Crippen molar-refractivity contribution >= 4 is 32.5 Å². The summed E-state index contributed by atoms with van der Waals surface area (Å²) in [6, 6.07) is 7.26. The Balaban J connectivity index is 2.65. The summed E-state index contributed by atoms with van der Waals surface area (Å²) < 4.78 is 12.6. The Morgan fingerprint density at radius 2 is 2.20 bits per heavy atom. The molecule has 1 aromatic rings. The van der Waals surface area contributed by atoms with Crippen molar-refractivity contribution in [2.75, 3.05) is 5.75 Å². The Labute approximate surface area is 101 Å². The van der Waals surface area contributed by atoms with E-state index in [2.05, 4.69) is 15.9 Å². The van der Waals surface area contributed by atoms with Gasteiger partial charge < -0.3 is 0 Å². The molecule has 0 aliphatic heterocycles. The van der Waals surface area contributed by atoms with Gasteiger partial charge in [-0.15, -0.1) is 0 Å². The Bertz CT molecular complexity index is 377. The van der Waals surface area contributed by atoms with Crippen LogP contribution in [0.1, 0.15) is 19.8 Å². The number of benzene rings is 1. The Kier molecular flexibility index (Phi) is 5.19. The van der Waals surface area contributed by atoms with E-state index in [4.69, 9.17) is 0 Å². The zero-order valence-corrected chi connectivity index (χ0v) is 10.9. The highest BCUT2D eigenvalue weighted by Gasteiger charge is 2.09. The van der Waals surface area contributed by atoms with Crippen molar-refractivity contribution in [3.8, 4) is 0 Å². The lowest BCUT2D eigenvalue weighted by Crippen LogP contribution is -2.10. The van der Waals surface area contributed by atoms with Crippen molar-refractivity contribution in [3.63, 3.8) is 0 Å². The summed E-state index contributed by atoms with van der Waals surface area (Å²) in [5.41, 5.74) is 0. The van der Waals surface area contributed by atoms with Crippen molar-refractivity contribution in [3.05, 3.63) is 28.7 Å². The molecule has 1 aromatic carbocycles. The number of carbonyl (C=O) groups excluding carboxylic acids is 1. The number of carbonyl (C=O) groups is 1. The van der Waals surface area contributed by atoms with E-state index in [1.54, 1.807) is 12.1 Å². The Hall–Kier alpha value is -0.480. The highest BCUT2D eigenvalue weighted by molar-refractivity contribution is 9.10. The van der Waals surface area contributed by atoms with Gasteiger partial charge in [-0.3, -0.25) is 9.00 Å². The fourth-order valence-corrected chi connectivity index (χ4v) is 2.83. The molecule has 15 heavy (non-hydrogen) atoms. The van der Waals surface area contributed by atoms with E-state index >= 15 is 0 Å². The lowest BCUT2D eigenvalue weighted by Gasteiger charge is -2.01. The second-order valence-electron chi connectivity index (χ2n) is 3.24. The Morgan fingerprint density at radius 3 is 2.80 bits per heavy atom. The van der Waals surface area contributed by atoms with E-state index in [0.29, 0.717) is 11.3 Å². The molecule has 0 radical (unpaired) electrons. The molecule has 0 aliphatic carbocycles. The molecule has 82 valence electrons. The van der Waals surface area contributed by atoms with Gasteiger partial charge in [0.1, 0.15) is 5.78 Å². The number of Topliss-reactive ketones (excluding diaryl/α,β-unsaturated/α-hetero) is 1. The second kappa shape index (κ2) is 6.18. The smallest absolute Gasteiger partial charge is 0.145 e. The van der Waals surface area contributed by atoms with Crippen LogP contribution in [0.15, 0.2) is 33.6 Å². The van der Waals surface area contributed by atoms with Gasteiger partial charge in [-0.1, -0.05) is 28.9 Å². The summed E-state index contributed by atoms with van der Waals surface area (Å²) >= 11 is 3.31. The van der Waals surface area contributed by atoms with Crippen molar-refractivity contribution < 1.29 is 9.00 Å². The maximum absolute atomic E-state index is 11.8. The topological polar surface area (TPSA) is 34.1 Å². The molecule has 4 heteroatoms. The maximum atomic E-state index is 11.8. The average Bonchev–Trinajstić information content (AvgIpc) is 2.18. The first-order chi connectivity index (χ1) is 7.13. The molecule has 0 spiro atoms. The normalized spacial score (nSPS) is 12.4. The van der Waals surface area contributed by atoms with E-state index in [0.717, 1.165) is 10.9 Å². The van der Waals surface area contributed by atoms with E-state index in [1.807, 2.05) is 19.1 Å². The molecule has 0 saturated carbocycles. The van der Waals surface area contributed by atoms with Crippen LogP contribution in [0.5, 0.6) is 0 Å². The minimum absolute atomic E-state index is 0.0656. The minimum Gasteiger partial charge on any atom is -0.299 e. The van der Waals surface area contributed by atoms with Gasteiger partial charge in [0.15, 0.2) is 0 Å². The quantitative estimate of drug-likeness (QED) is 0.835. The monoisotopic (exact) mass is 288 g/mol. The highest BCUT2D eigenvalue weighted by Crippen LogP contribution is 2.15. The molecule has 0 fully saturated rings. The van der Waals surface area contributed by atoms with Crippen LogP contribution in [-0.2, 0) is 15.6 Å². The third kappa shape index (κ3) is 4.26. The van der Waals surface area contributed by atoms with Crippen LogP contribution in [0.3, 0.4) is 0 Å². The molecule has 0 N–H and O–H groups in total. The Morgan fingerprint density at radius 1 is 1.47 bits per heavy atom. The van der Waals surface area contributed by atoms with Gasteiger partial charge in [-0.25, -0.2) is 0 Å². The van der Waals surface area contributed by atoms with Crippen LogP contribution in [0.4, 0.5) is 0 Å². The molecule has 0 bridgehead atoms. The van der Waals surface area contributed by atoms with Crippen LogP contribution < -0.4 is 0 Å². The number of halogens is 1. The molecule has 0 aliphatic rings. The summed E-state index contributed by atoms with van der Waals surface area (Å²) in [6.07, 6.45) is 1.33. The zero-order chi connectivity index (χ0) is 11.3. The molecule has 0 heterocycles.